The molecule has 0 saturated carbocycles. The first-order valence-corrected chi connectivity index (χ1v) is 12.0. The van der Waals surface area contributed by atoms with Gasteiger partial charge in [-0.15, -0.1) is 0 Å². The summed E-state index contributed by atoms with van der Waals surface area (Å²) in [7, 11) is 0. The molecule has 1 aromatic rings. The second-order valence-corrected chi connectivity index (χ2v) is 9.74. The van der Waals surface area contributed by atoms with Crippen LogP contribution in [0.15, 0.2) is 24.3 Å². The maximum atomic E-state index is 12.9. The van der Waals surface area contributed by atoms with Gasteiger partial charge in [0.25, 0.3) is 0 Å². The molecule has 6 nitrogen and oxygen atoms in total. The molecule has 170 valence electrons. The summed E-state index contributed by atoms with van der Waals surface area (Å²) in [4.78, 5) is 31.4. The molecule has 0 unspecified atom stereocenters. The molecule has 0 N–H and O–H groups in total. The van der Waals surface area contributed by atoms with E-state index in [4.69, 9.17) is 4.74 Å². The van der Waals surface area contributed by atoms with E-state index >= 15 is 0 Å². The SMILES string of the molecule is CCOC(=O)N1CCC(N2CCC3(CC2)CN(C(=O)C(C)C)Cc2ccccc23)CC1. The largest absolute Gasteiger partial charge is 0.450 e. The number of carbonyl (C=O) groups excluding carboxylic acids is 2. The van der Waals surface area contributed by atoms with Crippen LogP contribution in [0.1, 0.15) is 57.6 Å². The van der Waals surface area contributed by atoms with Crippen molar-refractivity contribution < 1.29 is 14.3 Å². The van der Waals surface area contributed by atoms with Crippen LogP contribution in [0.5, 0.6) is 0 Å². The lowest BCUT2D eigenvalue weighted by molar-refractivity contribution is -0.137. The van der Waals surface area contributed by atoms with Gasteiger partial charge in [0, 0.05) is 43.6 Å². The first-order chi connectivity index (χ1) is 14.9. The highest BCUT2D eigenvalue weighted by molar-refractivity contribution is 5.78. The predicted molar refractivity (Wildman–Crippen MR) is 121 cm³/mol. The average Bonchev–Trinajstić information content (AvgIpc) is 2.79. The molecular formula is C25H37N3O3. The van der Waals surface area contributed by atoms with Crippen LogP contribution in [0.4, 0.5) is 4.79 Å². The van der Waals surface area contributed by atoms with Gasteiger partial charge >= 0.3 is 6.09 Å². The van der Waals surface area contributed by atoms with Crippen molar-refractivity contribution in [1.29, 1.82) is 0 Å². The van der Waals surface area contributed by atoms with E-state index in [1.54, 1.807) is 0 Å². The molecule has 0 aromatic heterocycles. The third-order valence-electron chi connectivity index (χ3n) is 7.51. The van der Waals surface area contributed by atoms with Crippen molar-refractivity contribution in [1.82, 2.24) is 14.7 Å². The molecule has 2 amide bonds. The fourth-order valence-electron chi connectivity index (χ4n) is 5.78. The minimum absolute atomic E-state index is 0.0342. The number of piperidine rings is 2. The van der Waals surface area contributed by atoms with Crippen LogP contribution in [0.3, 0.4) is 0 Å². The molecule has 0 aliphatic carbocycles. The molecule has 4 rings (SSSR count). The summed E-state index contributed by atoms with van der Waals surface area (Å²) in [6.45, 7) is 11.6. The number of rotatable bonds is 3. The Morgan fingerprint density at radius 3 is 2.39 bits per heavy atom. The van der Waals surface area contributed by atoms with E-state index in [0.717, 1.165) is 65.0 Å². The van der Waals surface area contributed by atoms with Crippen molar-refractivity contribution in [2.45, 2.75) is 64.5 Å². The molecule has 31 heavy (non-hydrogen) atoms. The molecule has 3 aliphatic rings. The molecule has 1 aromatic carbocycles. The van der Waals surface area contributed by atoms with Gasteiger partial charge in [0.1, 0.15) is 0 Å². The van der Waals surface area contributed by atoms with Gasteiger partial charge in [-0.2, -0.15) is 0 Å². The van der Waals surface area contributed by atoms with Crippen LogP contribution in [0, 0.1) is 5.92 Å². The van der Waals surface area contributed by atoms with Crippen molar-refractivity contribution in [3.8, 4) is 0 Å². The van der Waals surface area contributed by atoms with Crippen molar-refractivity contribution in [2.24, 2.45) is 5.92 Å². The summed E-state index contributed by atoms with van der Waals surface area (Å²) >= 11 is 0. The lowest BCUT2D eigenvalue weighted by Crippen LogP contribution is -2.56. The molecule has 0 radical (unpaired) electrons. The van der Waals surface area contributed by atoms with E-state index in [0.29, 0.717) is 12.6 Å². The highest BCUT2D eigenvalue weighted by atomic mass is 16.6. The normalized spacial score (nSPS) is 21.9. The lowest BCUT2D eigenvalue weighted by atomic mass is 9.68. The van der Waals surface area contributed by atoms with Gasteiger partial charge in [0.2, 0.25) is 5.91 Å². The van der Waals surface area contributed by atoms with Gasteiger partial charge in [-0.25, -0.2) is 4.79 Å². The second-order valence-electron chi connectivity index (χ2n) is 9.74. The van der Waals surface area contributed by atoms with Gasteiger partial charge in [-0.1, -0.05) is 38.1 Å². The molecule has 0 atom stereocenters. The third kappa shape index (κ3) is 4.45. The first-order valence-electron chi connectivity index (χ1n) is 12.0. The summed E-state index contributed by atoms with van der Waals surface area (Å²) in [5.74, 6) is 0.301. The number of nitrogens with zero attached hydrogens (tertiary/aromatic N) is 3. The third-order valence-corrected chi connectivity index (χ3v) is 7.51. The van der Waals surface area contributed by atoms with Crippen molar-refractivity contribution in [2.75, 3.05) is 39.3 Å². The van der Waals surface area contributed by atoms with E-state index in [1.165, 1.54) is 11.1 Å². The van der Waals surface area contributed by atoms with Gasteiger partial charge < -0.3 is 19.4 Å². The maximum absolute atomic E-state index is 12.9. The lowest BCUT2D eigenvalue weighted by Gasteiger charge is -2.51. The Balaban J connectivity index is 1.42. The summed E-state index contributed by atoms with van der Waals surface area (Å²) < 4.78 is 5.16. The zero-order valence-corrected chi connectivity index (χ0v) is 19.3. The van der Waals surface area contributed by atoms with Crippen LogP contribution in [0.2, 0.25) is 0 Å². The van der Waals surface area contributed by atoms with Crippen LogP contribution in [-0.4, -0.2) is 72.1 Å². The summed E-state index contributed by atoms with van der Waals surface area (Å²) in [6, 6.07) is 9.28. The Morgan fingerprint density at radius 2 is 1.74 bits per heavy atom. The molecule has 3 aliphatic heterocycles. The average molecular weight is 428 g/mol. The number of fused-ring (bicyclic) bond motifs is 2. The number of hydrogen-bond donors (Lipinski definition) is 0. The summed E-state index contributed by atoms with van der Waals surface area (Å²) in [6.07, 6.45) is 4.03. The maximum Gasteiger partial charge on any atom is 0.409 e. The minimum Gasteiger partial charge on any atom is -0.450 e. The molecule has 6 heteroatoms. The monoisotopic (exact) mass is 427 g/mol. The second kappa shape index (κ2) is 9.19. The standard InChI is InChI=1S/C25H37N3O3/c1-4-31-24(30)27-13-9-21(10-14-27)26-15-11-25(12-16-26)18-28(23(29)19(2)3)17-20-7-5-6-8-22(20)25/h5-8,19,21H,4,9-18H2,1-3H3. The predicted octanol–water partition coefficient (Wildman–Crippen LogP) is 3.64. The van der Waals surface area contributed by atoms with Crippen LogP contribution in [-0.2, 0) is 21.5 Å². The summed E-state index contributed by atoms with van der Waals surface area (Å²) in [5.41, 5.74) is 2.85. The van der Waals surface area contributed by atoms with E-state index in [-0.39, 0.29) is 23.3 Å². The van der Waals surface area contributed by atoms with Crippen LogP contribution in [0.25, 0.3) is 0 Å². The topological polar surface area (TPSA) is 53.1 Å². The molecule has 2 fully saturated rings. The number of ether oxygens (including phenoxy) is 1. The highest BCUT2D eigenvalue weighted by Crippen LogP contribution is 2.42. The van der Waals surface area contributed by atoms with E-state index in [1.807, 2.05) is 25.7 Å². The zero-order valence-electron chi connectivity index (χ0n) is 19.3. The molecule has 2 saturated heterocycles. The summed E-state index contributed by atoms with van der Waals surface area (Å²) in [5, 5.41) is 0. The van der Waals surface area contributed by atoms with E-state index in [2.05, 4.69) is 34.1 Å². The highest BCUT2D eigenvalue weighted by Gasteiger charge is 2.44. The van der Waals surface area contributed by atoms with Crippen LogP contribution < -0.4 is 0 Å². The molecular weight excluding hydrogens is 390 g/mol. The number of amides is 2. The smallest absolute Gasteiger partial charge is 0.409 e. The zero-order chi connectivity index (χ0) is 22.0. The minimum atomic E-state index is -0.174. The number of benzene rings is 1. The Kier molecular flexibility index (Phi) is 6.56. The Morgan fingerprint density at radius 1 is 1.06 bits per heavy atom. The van der Waals surface area contributed by atoms with Crippen molar-refractivity contribution >= 4 is 12.0 Å². The van der Waals surface area contributed by atoms with E-state index < -0.39 is 0 Å². The quantitative estimate of drug-likeness (QED) is 0.739. The fraction of sp³-hybridized carbons (Fsp3) is 0.680. The molecule has 1 spiro atoms. The molecule has 0 bridgehead atoms. The Labute approximate surface area is 186 Å². The van der Waals surface area contributed by atoms with Gasteiger partial charge in [0.15, 0.2) is 0 Å². The number of carbonyl (C=O) groups is 2. The van der Waals surface area contributed by atoms with Crippen molar-refractivity contribution in [3.05, 3.63) is 35.4 Å². The van der Waals surface area contributed by atoms with Gasteiger partial charge in [0.05, 0.1) is 6.61 Å². The fourth-order valence-corrected chi connectivity index (χ4v) is 5.78. The number of hydrogen-bond acceptors (Lipinski definition) is 4. The molecule has 3 heterocycles. The van der Waals surface area contributed by atoms with E-state index in [9.17, 15) is 9.59 Å². The number of likely N-dealkylation sites (tertiary alicyclic amines) is 2. The van der Waals surface area contributed by atoms with Crippen molar-refractivity contribution in [3.63, 3.8) is 0 Å². The first kappa shape index (κ1) is 22.1. The van der Waals surface area contributed by atoms with Gasteiger partial charge in [-0.3, -0.25) is 4.79 Å². The van der Waals surface area contributed by atoms with Crippen LogP contribution >= 0.6 is 0 Å². The Hall–Kier alpha value is -2.08. The Bertz CT molecular complexity index is 793. The van der Waals surface area contributed by atoms with Gasteiger partial charge in [-0.05, 0) is 56.8 Å².